The lowest BCUT2D eigenvalue weighted by Gasteiger charge is -2.40. The molecular formula is C19H21N. The highest BCUT2D eigenvalue weighted by molar-refractivity contribution is 5.79. The molecule has 102 valence electrons. The maximum absolute atomic E-state index is 2.53. The van der Waals surface area contributed by atoms with Crippen molar-refractivity contribution >= 4 is 0 Å². The van der Waals surface area contributed by atoms with Gasteiger partial charge in [0.25, 0.3) is 0 Å². The van der Waals surface area contributed by atoms with Crippen LogP contribution in [-0.2, 0) is 12.8 Å². The maximum Gasteiger partial charge on any atom is 0.0394 e. The van der Waals surface area contributed by atoms with Gasteiger partial charge in [-0.3, -0.25) is 4.90 Å². The van der Waals surface area contributed by atoms with E-state index in [-0.39, 0.29) is 0 Å². The molecule has 4 rings (SSSR count). The van der Waals surface area contributed by atoms with Crippen LogP contribution in [0.4, 0.5) is 0 Å². The number of hydrogen-bond donors (Lipinski definition) is 0. The molecule has 1 heterocycles. The van der Waals surface area contributed by atoms with Gasteiger partial charge in [-0.05, 0) is 72.7 Å². The molecule has 0 spiro atoms. The highest BCUT2D eigenvalue weighted by Crippen LogP contribution is 2.46. The van der Waals surface area contributed by atoms with Gasteiger partial charge in [0.05, 0.1) is 0 Å². The molecule has 2 aromatic carbocycles. The molecule has 1 atom stereocenters. The molecule has 0 saturated heterocycles. The molecule has 1 nitrogen and oxygen atoms in total. The summed E-state index contributed by atoms with van der Waals surface area (Å²) in [5.41, 5.74) is 10.6. The van der Waals surface area contributed by atoms with Gasteiger partial charge in [0.15, 0.2) is 0 Å². The van der Waals surface area contributed by atoms with E-state index < -0.39 is 0 Å². The highest BCUT2D eigenvalue weighted by atomic mass is 15.1. The summed E-state index contributed by atoms with van der Waals surface area (Å²) in [6.45, 7) is 5.69. The van der Waals surface area contributed by atoms with E-state index in [9.17, 15) is 0 Å². The van der Waals surface area contributed by atoms with Gasteiger partial charge >= 0.3 is 0 Å². The fraction of sp³-hybridized carbons (Fsp3) is 0.368. The molecule has 1 aliphatic carbocycles. The number of rotatable bonds is 0. The van der Waals surface area contributed by atoms with Gasteiger partial charge in [-0.15, -0.1) is 0 Å². The molecule has 0 fully saturated rings. The molecule has 0 saturated carbocycles. The van der Waals surface area contributed by atoms with Crippen LogP contribution in [0, 0.1) is 13.8 Å². The largest absolute Gasteiger partial charge is 0.299 e. The summed E-state index contributed by atoms with van der Waals surface area (Å²) in [6.07, 6.45) is 2.35. The van der Waals surface area contributed by atoms with Crippen LogP contribution in [0.2, 0.25) is 0 Å². The minimum Gasteiger partial charge on any atom is -0.299 e. The van der Waals surface area contributed by atoms with Gasteiger partial charge in [-0.1, -0.05) is 30.3 Å². The van der Waals surface area contributed by atoms with Crippen molar-refractivity contribution in [3.63, 3.8) is 0 Å². The molecule has 0 amide bonds. The molecule has 0 bridgehead atoms. The van der Waals surface area contributed by atoms with Crippen molar-refractivity contribution in [1.82, 2.24) is 4.90 Å². The third-order valence-electron chi connectivity index (χ3n) is 5.30. The van der Waals surface area contributed by atoms with E-state index in [1.807, 2.05) is 0 Å². The van der Waals surface area contributed by atoms with Crippen LogP contribution < -0.4 is 0 Å². The number of aryl methyl sites for hydroxylation is 1. The SMILES string of the molecule is Cc1ccc2c(c1C)-c1cccc3c1C(C2)N(C)CC3. The molecule has 1 unspecified atom stereocenters. The molecular weight excluding hydrogens is 242 g/mol. The quantitative estimate of drug-likeness (QED) is 0.693. The van der Waals surface area contributed by atoms with Crippen molar-refractivity contribution in [2.45, 2.75) is 32.7 Å². The predicted molar refractivity (Wildman–Crippen MR) is 84.1 cm³/mol. The maximum atomic E-state index is 2.53. The fourth-order valence-electron chi connectivity index (χ4n) is 4.00. The number of likely N-dealkylation sites (N-methyl/N-ethyl adjacent to an activating group) is 1. The molecule has 1 heteroatoms. The fourth-order valence-corrected chi connectivity index (χ4v) is 4.00. The van der Waals surface area contributed by atoms with Crippen molar-refractivity contribution < 1.29 is 0 Å². The van der Waals surface area contributed by atoms with Crippen molar-refractivity contribution in [3.05, 3.63) is 58.1 Å². The third-order valence-corrected chi connectivity index (χ3v) is 5.30. The first kappa shape index (κ1) is 12.2. The van der Waals surface area contributed by atoms with Crippen molar-refractivity contribution in [3.8, 4) is 11.1 Å². The Bertz CT molecular complexity index is 699. The summed E-state index contributed by atoms with van der Waals surface area (Å²) < 4.78 is 0. The van der Waals surface area contributed by atoms with E-state index in [0.29, 0.717) is 6.04 Å². The van der Waals surface area contributed by atoms with Crippen molar-refractivity contribution in [2.75, 3.05) is 13.6 Å². The second kappa shape index (κ2) is 4.20. The topological polar surface area (TPSA) is 3.24 Å². The monoisotopic (exact) mass is 263 g/mol. The van der Waals surface area contributed by atoms with Gasteiger partial charge in [-0.25, -0.2) is 0 Å². The molecule has 2 aliphatic rings. The van der Waals surface area contributed by atoms with E-state index in [2.05, 4.69) is 56.1 Å². The molecule has 20 heavy (non-hydrogen) atoms. The zero-order chi connectivity index (χ0) is 13.9. The highest BCUT2D eigenvalue weighted by Gasteiger charge is 2.32. The first-order chi connectivity index (χ1) is 9.66. The van der Waals surface area contributed by atoms with Crippen molar-refractivity contribution in [1.29, 1.82) is 0 Å². The first-order valence-electron chi connectivity index (χ1n) is 7.58. The molecule has 2 aromatic rings. The summed E-state index contributed by atoms with van der Waals surface area (Å²) in [4.78, 5) is 2.53. The summed E-state index contributed by atoms with van der Waals surface area (Å²) in [5, 5.41) is 0. The lowest BCUT2D eigenvalue weighted by molar-refractivity contribution is 0.228. The van der Waals surface area contributed by atoms with Crippen LogP contribution in [0.3, 0.4) is 0 Å². The summed E-state index contributed by atoms with van der Waals surface area (Å²) in [6, 6.07) is 12.1. The second-order valence-electron chi connectivity index (χ2n) is 6.37. The van der Waals surface area contributed by atoms with Gasteiger partial charge in [0.1, 0.15) is 0 Å². The normalized spacial score (nSPS) is 20.4. The lowest BCUT2D eigenvalue weighted by atomic mass is 9.75. The first-order valence-corrected chi connectivity index (χ1v) is 7.58. The average molecular weight is 263 g/mol. The second-order valence-corrected chi connectivity index (χ2v) is 6.37. The summed E-state index contributed by atoms with van der Waals surface area (Å²) >= 11 is 0. The van der Waals surface area contributed by atoms with E-state index in [4.69, 9.17) is 0 Å². The van der Waals surface area contributed by atoms with Gasteiger partial charge < -0.3 is 0 Å². The Morgan fingerprint density at radius 2 is 1.90 bits per heavy atom. The van der Waals surface area contributed by atoms with Gasteiger partial charge in [0, 0.05) is 12.6 Å². The zero-order valence-electron chi connectivity index (χ0n) is 12.5. The lowest BCUT2D eigenvalue weighted by Crippen LogP contribution is -2.35. The van der Waals surface area contributed by atoms with Crippen LogP contribution in [0.15, 0.2) is 30.3 Å². The Hall–Kier alpha value is -1.60. The Morgan fingerprint density at radius 1 is 1.05 bits per heavy atom. The number of nitrogens with zero attached hydrogens (tertiary/aromatic N) is 1. The van der Waals surface area contributed by atoms with Crippen LogP contribution in [0.1, 0.15) is 33.9 Å². The summed E-state index contributed by atoms with van der Waals surface area (Å²) in [7, 11) is 2.27. The van der Waals surface area contributed by atoms with Crippen LogP contribution in [0.5, 0.6) is 0 Å². The van der Waals surface area contributed by atoms with E-state index in [1.165, 1.54) is 40.8 Å². The van der Waals surface area contributed by atoms with Crippen molar-refractivity contribution in [2.24, 2.45) is 0 Å². The number of benzene rings is 2. The van der Waals surface area contributed by atoms with Crippen LogP contribution in [0.25, 0.3) is 11.1 Å². The molecule has 0 N–H and O–H groups in total. The standard InChI is InChI=1S/C19H21N/c1-12-7-8-15-11-17-19-14(9-10-20(17)3)5-4-6-16(19)18(15)13(12)2/h4-8,17H,9-11H2,1-3H3. The Morgan fingerprint density at radius 3 is 2.75 bits per heavy atom. The van der Waals surface area contributed by atoms with Gasteiger partial charge in [0.2, 0.25) is 0 Å². The average Bonchev–Trinajstić information content (AvgIpc) is 2.46. The zero-order valence-corrected chi connectivity index (χ0v) is 12.5. The smallest absolute Gasteiger partial charge is 0.0394 e. The van der Waals surface area contributed by atoms with E-state index in [1.54, 1.807) is 11.1 Å². The number of fused-ring (bicyclic) bond motifs is 2. The Balaban J connectivity index is 2.05. The predicted octanol–water partition coefficient (Wildman–Crippen LogP) is 4.06. The van der Waals surface area contributed by atoms with Gasteiger partial charge in [-0.2, -0.15) is 0 Å². The molecule has 0 aromatic heterocycles. The molecule has 0 radical (unpaired) electrons. The minimum absolute atomic E-state index is 0.574. The Labute approximate surface area is 121 Å². The number of hydrogen-bond acceptors (Lipinski definition) is 1. The van der Waals surface area contributed by atoms with Crippen LogP contribution >= 0.6 is 0 Å². The Kier molecular flexibility index (Phi) is 2.55. The van der Waals surface area contributed by atoms with Crippen LogP contribution in [-0.4, -0.2) is 18.5 Å². The van der Waals surface area contributed by atoms with E-state index in [0.717, 1.165) is 6.42 Å². The minimum atomic E-state index is 0.574. The molecule has 1 aliphatic heterocycles. The third kappa shape index (κ3) is 1.53. The summed E-state index contributed by atoms with van der Waals surface area (Å²) in [5.74, 6) is 0. The van der Waals surface area contributed by atoms with E-state index >= 15 is 0 Å².